The van der Waals surface area contributed by atoms with Gasteiger partial charge in [0.1, 0.15) is 5.75 Å². The average molecular weight is 372 g/mol. The first kappa shape index (κ1) is 13.0. The standard InChI is InChI=1S/C12H8Br2N2O2/c13-7-3-4-8(14)9(6-7)16-12(18)11-10(17)2-1-5-15-11/h1-6,17H,(H,16,18). The molecule has 1 aromatic carbocycles. The number of carbonyl (C=O) groups excluding carboxylic acids is 1. The van der Waals surface area contributed by atoms with E-state index in [-0.39, 0.29) is 11.4 Å². The van der Waals surface area contributed by atoms with Gasteiger partial charge in [0.25, 0.3) is 5.91 Å². The summed E-state index contributed by atoms with van der Waals surface area (Å²) in [6.45, 7) is 0. The van der Waals surface area contributed by atoms with Crippen molar-refractivity contribution in [1.29, 1.82) is 0 Å². The van der Waals surface area contributed by atoms with E-state index in [1.54, 1.807) is 18.2 Å². The summed E-state index contributed by atoms with van der Waals surface area (Å²) in [5.74, 6) is -0.618. The molecular formula is C12H8Br2N2O2. The van der Waals surface area contributed by atoms with Crippen molar-refractivity contribution in [2.45, 2.75) is 0 Å². The number of amides is 1. The number of hydrogen-bond donors (Lipinski definition) is 2. The molecule has 1 amide bonds. The van der Waals surface area contributed by atoms with Crippen molar-refractivity contribution >= 4 is 43.5 Å². The predicted octanol–water partition coefficient (Wildman–Crippen LogP) is 3.56. The molecule has 0 spiro atoms. The van der Waals surface area contributed by atoms with Gasteiger partial charge >= 0.3 is 0 Å². The molecule has 2 rings (SSSR count). The van der Waals surface area contributed by atoms with Gasteiger partial charge in [-0.3, -0.25) is 4.79 Å². The number of anilines is 1. The van der Waals surface area contributed by atoms with Gasteiger partial charge in [-0.25, -0.2) is 4.98 Å². The summed E-state index contributed by atoms with van der Waals surface area (Å²) in [5.41, 5.74) is 0.587. The minimum Gasteiger partial charge on any atom is -0.505 e. The molecule has 0 aliphatic rings. The molecule has 92 valence electrons. The number of hydrogen-bond acceptors (Lipinski definition) is 3. The molecule has 0 aliphatic heterocycles. The molecule has 2 N–H and O–H groups in total. The Bertz CT molecular complexity index is 602. The molecule has 0 saturated heterocycles. The molecule has 1 heterocycles. The summed E-state index contributed by atoms with van der Waals surface area (Å²) in [6, 6.07) is 8.37. The Kier molecular flexibility index (Phi) is 3.98. The summed E-state index contributed by atoms with van der Waals surface area (Å²) in [7, 11) is 0. The van der Waals surface area contributed by atoms with Crippen LogP contribution < -0.4 is 5.32 Å². The van der Waals surface area contributed by atoms with Crippen LogP contribution in [-0.4, -0.2) is 16.0 Å². The van der Waals surface area contributed by atoms with E-state index in [9.17, 15) is 9.90 Å². The van der Waals surface area contributed by atoms with Crippen molar-refractivity contribution in [1.82, 2.24) is 4.98 Å². The van der Waals surface area contributed by atoms with Crippen LogP contribution in [0.4, 0.5) is 5.69 Å². The average Bonchev–Trinajstić information content (AvgIpc) is 2.34. The van der Waals surface area contributed by atoms with Gasteiger partial charge in [0, 0.05) is 15.1 Å². The number of nitrogens with zero attached hydrogens (tertiary/aromatic N) is 1. The van der Waals surface area contributed by atoms with E-state index in [1.165, 1.54) is 12.3 Å². The van der Waals surface area contributed by atoms with Gasteiger partial charge < -0.3 is 10.4 Å². The van der Waals surface area contributed by atoms with E-state index in [0.717, 1.165) is 8.95 Å². The summed E-state index contributed by atoms with van der Waals surface area (Å²) in [4.78, 5) is 15.8. The monoisotopic (exact) mass is 370 g/mol. The molecule has 2 aromatic rings. The lowest BCUT2D eigenvalue weighted by molar-refractivity contribution is 0.101. The second-order valence-electron chi connectivity index (χ2n) is 3.45. The highest BCUT2D eigenvalue weighted by atomic mass is 79.9. The first-order valence-electron chi connectivity index (χ1n) is 4.98. The third-order valence-electron chi connectivity index (χ3n) is 2.18. The maximum Gasteiger partial charge on any atom is 0.278 e. The van der Waals surface area contributed by atoms with Gasteiger partial charge in [-0.1, -0.05) is 15.9 Å². The lowest BCUT2D eigenvalue weighted by atomic mass is 10.2. The number of carbonyl (C=O) groups is 1. The highest BCUT2D eigenvalue weighted by Crippen LogP contribution is 2.27. The number of aromatic hydroxyl groups is 1. The molecule has 6 heteroatoms. The van der Waals surface area contributed by atoms with Crippen LogP contribution in [0.2, 0.25) is 0 Å². The molecule has 0 saturated carbocycles. The Morgan fingerprint density at radius 3 is 2.78 bits per heavy atom. The summed E-state index contributed by atoms with van der Waals surface area (Å²) in [6.07, 6.45) is 1.45. The maximum atomic E-state index is 11.9. The molecule has 1 aromatic heterocycles. The van der Waals surface area contributed by atoms with Gasteiger partial charge in [0.15, 0.2) is 5.69 Å². The second kappa shape index (κ2) is 5.49. The third-order valence-corrected chi connectivity index (χ3v) is 3.36. The Morgan fingerprint density at radius 1 is 1.28 bits per heavy atom. The van der Waals surface area contributed by atoms with Crippen LogP contribution in [0.1, 0.15) is 10.5 Å². The maximum absolute atomic E-state index is 11.9. The van der Waals surface area contributed by atoms with Crippen LogP contribution in [0.25, 0.3) is 0 Å². The van der Waals surface area contributed by atoms with Crippen molar-refractivity contribution < 1.29 is 9.90 Å². The van der Waals surface area contributed by atoms with Gasteiger partial charge in [-0.05, 0) is 46.3 Å². The number of rotatable bonds is 2. The van der Waals surface area contributed by atoms with E-state index in [1.807, 2.05) is 6.07 Å². The van der Waals surface area contributed by atoms with Gasteiger partial charge in [0.2, 0.25) is 0 Å². The molecule has 0 unspecified atom stereocenters. The van der Waals surface area contributed by atoms with Crippen molar-refractivity contribution in [2.75, 3.05) is 5.32 Å². The van der Waals surface area contributed by atoms with Gasteiger partial charge in [-0.2, -0.15) is 0 Å². The van der Waals surface area contributed by atoms with Crippen LogP contribution >= 0.6 is 31.9 Å². The van der Waals surface area contributed by atoms with Crippen molar-refractivity contribution in [2.24, 2.45) is 0 Å². The topological polar surface area (TPSA) is 62.2 Å². The van der Waals surface area contributed by atoms with Crippen molar-refractivity contribution in [3.63, 3.8) is 0 Å². The van der Waals surface area contributed by atoms with Gasteiger partial charge in [0.05, 0.1) is 5.69 Å². The Labute approximate surface area is 120 Å². The fraction of sp³-hybridized carbons (Fsp3) is 0. The van der Waals surface area contributed by atoms with E-state index >= 15 is 0 Å². The quantitative estimate of drug-likeness (QED) is 0.848. The Balaban J connectivity index is 2.27. The van der Waals surface area contributed by atoms with E-state index < -0.39 is 5.91 Å². The largest absolute Gasteiger partial charge is 0.505 e. The lowest BCUT2D eigenvalue weighted by Gasteiger charge is -2.08. The zero-order valence-electron chi connectivity index (χ0n) is 9.02. The molecule has 0 aliphatic carbocycles. The normalized spacial score (nSPS) is 10.1. The van der Waals surface area contributed by atoms with Crippen LogP contribution in [-0.2, 0) is 0 Å². The van der Waals surface area contributed by atoms with Crippen molar-refractivity contribution in [3.05, 3.63) is 51.2 Å². The lowest BCUT2D eigenvalue weighted by Crippen LogP contribution is -2.14. The van der Waals surface area contributed by atoms with Crippen molar-refractivity contribution in [3.8, 4) is 5.75 Å². The summed E-state index contributed by atoms with van der Waals surface area (Å²) in [5, 5.41) is 12.2. The smallest absolute Gasteiger partial charge is 0.278 e. The zero-order valence-corrected chi connectivity index (χ0v) is 12.2. The second-order valence-corrected chi connectivity index (χ2v) is 5.22. The van der Waals surface area contributed by atoms with E-state index in [2.05, 4.69) is 42.2 Å². The molecular weight excluding hydrogens is 364 g/mol. The van der Waals surface area contributed by atoms with Gasteiger partial charge in [-0.15, -0.1) is 0 Å². The fourth-order valence-electron chi connectivity index (χ4n) is 1.35. The highest BCUT2D eigenvalue weighted by Gasteiger charge is 2.13. The van der Waals surface area contributed by atoms with E-state index in [4.69, 9.17) is 0 Å². The highest BCUT2D eigenvalue weighted by molar-refractivity contribution is 9.11. The molecule has 0 bridgehead atoms. The fourth-order valence-corrected chi connectivity index (χ4v) is 2.05. The summed E-state index contributed by atoms with van der Waals surface area (Å²) < 4.78 is 1.58. The van der Waals surface area contributed by atoms with Crippen LogP contribution in [0.15, 0.2) is 45.5 Å². The zero-order chi connectivity index (χ0) is 13.1. The number of aromatic nitrogens is 1. The summed E-state index contributed by atoms with van der Waals surface area (Å²) >= 11 is 6.65. The first-order valence-corrected chi connectivity index (χ1v) is 6.57. The number of halogens is 2. The minimum atomic E-state index is -0.466. The molecule has 0 fully saturated rings. The Morgan fingerprint density at radius 2 is 2.06 bits per heavy atom. The molecule has 18 heavy (non-hydrogen) atoms. The third kappa shape index (κ3) is 2.88. The predicted molar refractivity (Wildman–Crippen MR) is 75.7 cm³/mol. The number of pyridine rings is 1. The Hall–Kier alpha value is -1.40. The minimum absolute atomic E-state index is 0.00984. The number of nitrogens with one attached hydrogen (secondary N) is 1. The van der Waals surface area contributed by atoms with Crippen LogP contribution in [0, 0.1) is 0 Å². The molecule has 0 radical (unpaired) electrons. The molecule has 4 nitrogen and oxygen atoms in total. The van der Waals surface area contributed by atoms with Crippen LogP contribution in [0.3, 0.4) is 0 Å². The molecule has 0 atom stereocenters. The van der Waals surface area contributed by atoms with Crippen LogP contribution in [0.5, 0.6) is 5.75 Å². The van der Waals surface area contributed by atoms with E-state index in [0.29, 0.717) is 5.69 Å². The SMILES string of the molecule is O=C(Nc1cc(Br)ccc1Br)c1ncccc1O. The number of benzene rings is 1. The first-order chi connectivity index (χ1) is 8.58.